The number of alkyl halides is 3. The van der Waals surface area contributed by atoms with E-state index in [1.54, 1.807) is 6.07 Å². The van der Waals surface area contributed by atoms with Gasteiger partial charge in [-0.25, -0.2) is 13.2 Å². The molecule has 1 atom stereocenters. The number of benzene rings is 2. The third-order valence-electron chi connectivity index (χ3n) is 6.89. The standard InChI is InChI=1S/C26H30F3NO6S/c1-2-17-3-7-23-19(13-17)4-5-20(15-26(27,28)29)30(23)37(33,34)21-6-8-24(22(14-21)25(31)32)36-16-18-9-11-35-12-10-18/h3,6-8,13-14,18,20H,2,4-5,9-12,15-16H2,1H3,(H,31,32)/t20-/m0/s1. The van der Waals surface area contributed by atoms with Crippen LogP contribution in [0, 0.1) is 5.92 Å². The molecule has 2 aromatic carbocycles. The first-order chi connectivity index (χ1) is 17.5. The average molecular weight is 542 g/mol. The minimum Gasteiger partial charge on any atom is -0.492 e. The number of rotatable bonds is 8. The van der Waals surface area contributed by atoms with Gasteiger partial charge in [-0.15, -0.1) is 0 Å². The summed E-state index contributed by atoms with van der Waals surface area (Å²) < 4.78 is 79.8. The van der Waals surface area contributed by atoms with E-state index in [4.69, 9.17) is 9.47 Å². The molecule has 37 heavy (non-hydrogen) atoms. The van der Waals surface area contributed by atoms with Crippen LogP contribution in [-0.2, 0) is 27.6 Å². The summed E-state index contributed by atoms with van der Waals surface area (Å²) in [5.74, 6) is -1.20. The number of sulfonamides is 1. The number of hydrogen-bond acceptors (Lipinski definition) is 5. The van der Waals surface area contributed by atoms with Crippen molar-refractivity contribution in [3.8, 4) is 5.75 Å². The topological polar surface area (TPSA) is 93.1 Å². The number of aromatic carboxylic acids is 1. The van der Waals surface area contributed by atoms with Crippen LogP contribution in [0.4, 0.5) is 18.9 Å². The number of anilines is 1. The third-order valence-corrected chi connectivity index (χ3v) is 8.75. The number of fused-ring (bicyclic) bond motifs is 1. The molecule has 1 saturated heterocycles. The Morgan fingerprint density at radius 1 is 1.14 bits per heavy atom. The van der Waals surface area contributed by atoms with Crippen LogP contribution in [0.3, 0.4) is 0 Å². The minimum atomic E-state index is -4.58. The van der Waals surface area contributed by atoms with Crippen molar-refractivity contribution in [2.45, 2.75) is 62.6 Å². The molecule has 2 aliphatic rings. The zero-order chi connectivity index (χ0) is 26.8. The van der Waals surface area contributed by atoms with Crippen molar-refractivity contribution in [3.05, 3.63) is 53.1 Å². The van der Waals surface area contributed by atoms with Gasteiger partial charge in [0, 0.05) is 13.2 Å². The zero-order valence-electron chi connectivity index (χ0n) is 20.5. The van der Waals surface area contributed by atoms with Gasteiger partial charge in [-0.1, -0.05) is 19.1 Å². The third kappa shape index (κ3) is 6.20. The first-order valence-corrected chi connectivity index (χ1v) is 13.7. The minimum absolute atomic E-state index is 0.00298. The summed E-state index contributed by atoms with van der Waals surface area (Å²) in [6.45, 7) is 3.37. The summed E-state index contributed by atoms with van der Waals surface area (Å²) in [5.41, 5.74) is 1.43. The van der Waals surface area contributed by atoms with Crippen LogP contribution in [-0.4, -0.2) is 51.5 Å². The lowest BCUT2D eigenvalue weighted by atomic mass is 9.94. The molecule has 1 fully saturated rings. The molecule has 0 aromatic heterocycles. The Bertz CT molecular complexity index is 1240. The van der Waals surface area contributed by atoms with Gasteiger partial charge in [0.1, 0.15) is 11.3 Å². The number of aryl methyl sites for hydroxylation is 2. The molecule has 2 aromatic rings. The molecule has 0 saturated carbocycles. The van der Waals surface area contributed by atoms with E-state index in [2.05, 4.69) is 0 Å². The van der Waals surface area contributed by atoms with Crippen LogP contribution in [0.5, 0.6) is 5.75 Å². The molecule has 2 heterocycles. The van der Waals surface area contributed by atoms with Gasteiger partial charge >= 0.3 is 12.1 Å². The molecular formula is C26H30F3NO6S. The summed E-state index contributed by atoms with van der Waals surface area (Å²) in [6.07, 6.45) is -3.34. The average Bonchev–Trinajstić information content (AvgIpc) is 2.86. The fourth-order valence-electron chi connectivity index (χ4n) is 4.88. The molecule has 0 unspecified atom stereocenters. The summed E-state index contributed by atoms with van der Waals surface area (Å²) in [6, 6.07) is 7.14. The lowest BCUT2D eigenvalue weighted by Crippen LogP contribution is -2.45. The highest BCUT2D eigenvalue weighted by Gasteiger charge is 2.42. The molecule has 4 rings (SSSR count). The lowest BCUT2D eigenvalue weighted by molar-refractivity contribution is -0.138. The van der Waals surface area contributed by atoms with Crippen molar-refractivity contribution < 1.29 is 41.0 Å². The van der Waals surface area contributed by atoms with Crippen molar-refractivity contribution >= 4 is 21.7 Å². The number of carbonyl (C=O) groups is 1. The van der Waals surface area contributed by atoms with Crippen LogP contribution < -0.4 is 9.04 Å². The van der Waals surface area contributed by atoms with E-state index < -0.39 is 39.5 Å². The Hall–Kier alpha value is -2.79. The second-order valence-electron chi connectivity index (χ2n) is 9.46. The number of ether oxygens (including phenoxy) is 2. The zero-order valence-corrected chi connectivity index (χ0v) is 21.3. The number of carboxylic acid groups (broad SMARTS) is 1. The van der Waals surface area contributed by atoms with E-state index in [0.717, 1.165) is 28.8 Å². The second kappa shape index (κ2) is 10.9. The van der Waals surface area contributed by atoms with Crippen LogP contribution in [0.1, 0.15) is 54.1 Å². The lowest BCUT2D eigenvalue weighted by Gasteiger charge is -2.38. The maximum atomic E-state index is 13.8. The van der Waals surface area contributed by atoms with Crippen molar-refractivity contribution in [2.75, 3.05) is 24.1 Å². The van der Waals surface area contributed by atoms with Crippen LogP contribution >= 0.6 is 0 Å². The van der Waals surface area contributed by atoms with Gasteiger partial charge in [0.05, 0.1) is 29.7 Å². The molecule has 0 radical (unpaired) electrons. The summed E-state index contributed by atoms with van der Waals surface area (Å²) in [7, 11) is -4.53. The highest BCUT2D eigenvalue weighted by Crippen LogP contribution is 2.40. The van der Waals surface area contributed by atoms with E-state index in [0.29, 0.717) is 31.6 Å². The SMILES string of the molecule is CCc1ccc2c(c1)CC[C@@H](CC(F)(F)F)N2S(=O)(=O)c1ccc(OCC2CCOCC2)c(C(=O)O)c1. The summed E-state index contributed by atoms with van der Waals surface area (Å²) in [5, 5.41) is 9.77. The predicted octanol–water partition coefficient (Wildman–Crippen LogP) is 5.22. The molecule has 0 aliphatic carbocycles. The maximum Gasteiger partial charge on any atom is 0.391 e. The van der Waals surface area contributed by atoms with Crippen molar-refractivity contribution in [2.24, 2.45) is 5.92 Å². The van der Waals surface area contributed by atoms with Gasteiger partial charge < -0.3 is 14.6 Å². The van der Waals surface area contributed by atoms with E-state index >= 15 is 0 Å². The first-order valence-electron chi connectivity index (χ1n) is 12.3. The number of hydrogen-bond donors (Lipinski definition) is 1. The van der Waals surface area contributed by atoms with E-state index in [9.17, 15) is 31.5 Å². The summed E-state index contributed by atoms with van der Waals surface area (Å²) in [4.78, 5) is 11.6. The fraction of sp³-hybridized carbons (Fsp3) is 0.500. The second-order valence-corrected chi connectivity index (χ2v) is 11.3. The van der Waals surface area contributed by atoms with Crippen LogP contribution in [0.25, 0.3) is 0 Å². The first kappa shape index (κ1) is 27.3. The van der Waals surface area contributed by atoms with Crippen molar-refractivity contribution in [1.29, 1.82) is 0 Å². The van der Waals surface area contributed by atoms with Crippen LogP contribution in [0.2, 0.25) is 0 Å². The van der Waals surface area contributed by atoms with Gasteiger partial charge in [0.2, 0.25) is 0 Å². The van der Waals surface area contributed by atoms with Gasteiger partial charge in [-0.2, -0.15) is 13.2 Å². The number of nitrogens with zero attached hydrogens (tertiary/aromatic N) is 1. The van der Waals surface area contributed by atoms with Gasteiger partial charge in [-0.05, 0) is 73.4 Å². The normalized spacial score (nSPS) is 18.9. The number of carboxylic acids is 1. The highest BCUT2D eigenvalue weighted by atomic mass is 32.2. The predicted molar refractivity (Wildman–Crippen MR) is 131 cm³/mol. The quantitative estimate of drug-likeness (QED) is 0.493. The van der Waals surface area contributed by atoms with E-state index in [-0.39, 0.29) is 35.9 Å². The van der Waals surface area contributed by atoms with E-state index in [1.807, 2.05) is 13.0 Å². The van der Waals surface area contributed by atoms with Crippen molar-refractivity contribution in [3.63, 3.8) is 0 Å². The van der Waals surface area contributed by atoms with Gasteiger partial charge in [0.25, 0.3) is 10.0 Å². The van der Waals surface area contributed by atoms with Crippen LogP contribution in [0.15, 0.2) is 41.3 Å². The van der Waals surface area contributed by atoms with Gasteiger partial charge in [-0.3, -0.25) is 4.31 Å². The molecule has 0 bridgehead atoms. The molecule has 0 spiro atoms. The molecule has 11 heteroatoms. The molecule has 7 nitrogen and oxygen atoms in total. The Morgan fingerprint density at radius 2 is 1.86 bits per heavy atom. The van der Waals surface area contributed by atoms with Gasteiger partial charge in [0.15, 0.2) is 0 Å². The molecule has 202 valence electrons. The summed E-state index contributed by atoms with van der Waals surface area (Å²) >= 11 is 0. The molecule has 2 aliphatic heterocycles. The maximum absolute atomic E-state index is 13.8. The largest absolute Gasteiger partial charge is 0.492 e. The van der Waals surface area contributed by atoms with Crippen molar-refractivity contribution in [1.82, 2.24) is 0 Å². The van der Waals surface area contributed by atoms with E-state index in [1.165, 1.54) is 18.2 Å². The Labute approximate surface area is 214 Å². The Balaban J connectivity index is 1.71. The highest BCUT2D eigenvalue weighted by molar-refractivity contribution is 7.92. The monoisotopic (exact) mass is 541 g/mol. The number of halogens is 3. The smallest absolute Gasteiger partial charge is 0.391 e. The molecule has 1 N–H and O–H groups in total. The molecular weight excluding hydrogens is 511 g/mol. The Kier molecular flexibility index (Phi) is 8.03. The Morgan fingerprint density at radius 3 is 2.51 bits per heavy atom. The molecule has 0 amide bonds. The fourth-order valence-corrected chi connectivity index (χ4v) is 6.63.